The van der Waals surface area contributed by atoms with E-state index in [9.17, 15) is 0 Å². The van der Waals surface area contributed by atoms with Gasteiger partial charge in [0, 0.05) is 0 Å². The number of nitrogens with one attached hydrogen (secondary N) is 1. The predicted octanol–water partition coefficient (Wildman–Crippen LogP) is -2.61. The third kappa shape index (κ3) is 152. The molecule has 2 heteroatoms. The Balaban J connectivity index is -0.0000000720. The summed E-state index contributed by atoms with van der Waals surface area (Å²) in [5.74, 6) is 0. The van der Waals surface area contributed by atoms with Crippen LogP contribution in [0.15, 0.2) is 0 Å². The van der Waals surface area contributed by atoms with E-state index in [1.807, 2.05) is 0 Å². The average Bonchev–Trinajstić information content (AvgIpc) is 1.65. The summed E-state index contributed by atoms with van der Waals surface area (Å²) in [5, 5.41) is 0. The normalized spacial score (nSPS) is 7.33. The van der Waals surface area contributed by atoms with Gasteiger partial charge in [-0.15, -0.1) is 0 Å². The number of hydrogen-bond acceptors (Lipinski definition) is 0. The van der Waals surface area contributed by atoms with Crippen molar-refractivity contribution in [2.75, 3.05) is 21.1 Å². The summed E-state index contributed by atoms with van der Waals surface area (Å²) < 4.78 is 0. The van der Waals surface area contributed by atoms with Gasteiger partial charge in [0.2, 0.25) is 0 Å². The summed E-state index contributed by atoms with van der Waals surface area (Å²) in [5.41, 5.74) is 0. The fourth-order valence-electron chi connectivity index (χ4n) is 0. The topological polar surface area (TPSA) is 4.44 Å². The molecule has 0 aliphatic rings. The van der Waals surface area contributed by atoms with Crippen LogP contribution in [0.1, 0.15) is 19.8 Å². The zero-order valence-electron chi connectivity index (χ0n) is 7.62. The van der Waals surface area contributed by atoms with E-state index in [2.05, 4.69) is 35.0 Å². The second-order valence-corrected chi connectivity index (χ2v) is 2.35. The van der Waals surface area contributed by atoms with Crippen LogP contribution >= 0.6 is 0 Å². The molecule has 0 fully saturated rings. The van der Waals surface area contributed by atoms with Crippen molar-refractivity contribution in [3.63, 3.8) is 0 Å². The first-order chi connectivity index (χ1) is 3.65. The Morgan fingerprint density at radius 3 is 1.33 bits per heavy atom. The van der Waals surface area contributed by atoms with Gasteiger partial charge in [-0.05, 0) is 0 Å². The molecule has 0 aromatic carbocycles. The minimum absolute atomic E-state index is 0. The first kappa shape index (κ1) is 16.3. The molecular weight excluding hydrogens is 105 g/mol. The molecular formula is C7H19LiN+. The van der Waals surface area contributed by atoms with Gasteiger partial charge in [-0.1, -0.05) is 13.3 Å². The summed E-state index contributed by atoms with van der Waals surface area (Å²) in [4.78, 5) is 1.42. The molecule has 0 aromatic rings. The largest absolute Gasteiger partial charge is 1.00 e. The van der Waals surface area contributed by atoms with Crippen molar-refractivity contribution in [2.45, 2.75) is 19.8 Å². The molecule has 0 bridgehead atoms. The standard InChI is InChI=1S/C4H9.C3H9N.Li/c1-3-4-2;1-4(2)3;/h1,3-4H2,2H3;1-3H3;/q-1;;+1/p+1. The van der Waals surface area contributed by atoms with Crippen LogP contribution in [0.3, 0.4) is 0 Å². The van der Waals surface area contributed by atoms with E-state index in [0.29, 0.717) is 0 Å². The second kappa shape index (κ2) is 15.8. The summed E-state index contributed by atoms with van der Waals surface area (Å²) in [6.07, 6.45) is 2.28. The van der Waals surface area contributed by atoms with Gasteiger partial charge in [-0.25, -0.2) is 0 Å². The van der Waals surface area contributed by atoms with Crippen molar-refractivity contribution in [1.82, 2.24) is 0 Å². The maximum Gasteiger partial charge on any atom is 1.00 e. The molecule has 0 heterocycles. The summed E-state index contributed by atoms with van der Waals surface area (Å²) in [7, 11) is 6.25. The fraction of sp³-hybridized carbons (Fsp3) is 0.857. The predicted molar refractivity (Wildman–Crippen MR) is 39.0 cm³/mol. The molecule has 0 aromatic heterocycles. The van der Waals surface area contributed by atoms with Crippen LogP contribution in [0.2, 0.25) is 0 Å². The summed E-state index contributed by atoms with van der Waals surface area (Å²) >= 11 is 0. The van der Waals surface area contributed by atoms with Crippen molar-refractivity contribution in [2.24, 2.45) is 0 Å². The molecule has 9 heavy (non-hydrogen) atoms. The Bertz CT molecular complexity index is 25.3. The van der Waals surface area contributed by atoms with Crippen molar-refractivity contribution < 1.29 is 23.8 Å². The summed E-state index contributed by atoms with van der Waals surface area (Å²) in [6.45, 7) is 5.72. The molecule has 0 radical (unpaired) electrons. The van der Waals surface area contributed by atoms with E-state index in [1.54, 1.807) is 0 Å². The minimum atomic E-state index is 0. The van der Waals surface area contributed by atoms with Crippen molar-refractivity contribution in [1.29, 1.82) is 0 Å². The van der Waals surface area contributed by atoms with Gasteiger partial charge in [0.25, 0.3) is 0 Å². The van der Waals surface area contributed by atoms with E-state index in [-0.39, 0.29) is 18.9 Å². The number of rotatable bonds is 1. The van der Waals surface area contributed by atoms with Gasteiger partial charge in [0.05, 0.1) is 21.1 Å². The molecule has 0 rings (SSSR count). The number of hydrogen-bond donors (Lipinski definition) is 1. The number of quaternary nitrogens is 1. The Morgan fingerprint density at radius 1 is 1.22 bits per heavy atom. The van der Waals surface area contributed by atoms with Crippen molar-refractivity contribution >= 4 is 0 Å². The smallest absolute Gasteiger partial charge is 0.343 e. The van der Waals surface area contributed by atoms with Crippen LogP contribution < -0.4 is 23.8 Å². The van der Waals surface area contributed by atoms with Crippen molar-refractivity contribution in [3.8, 4) is 0 Å². The minimum Gasteiger partial charge on any atom is -0.343 e. The molecule has 1 N–H and O–H groups in total. The van der Waals surface area contributed by atoms with E-state index >= 15 is 0 Å². The average molecular weight is 124 g/mol. The molecule has 0 saturated heterocycles. The fourth-order valence-corrected chi connectivity index (χ4v) is 0. The van der Waals surface area contributed by atoms with Gasteiger partial charge < -0.3 is 11.8 Å². The van der Waals surface area contributed by atoms with Gasteiger partial charge >= 0.3 is 18.9 Å². The van der Waals surface area contributed by atoms with E-state index in [1.165, 1.54) is 11.3 Å². The molecule has 1 nitrogen and oxygen atoms in total. The Morgan fingerprint density at radius 2 is 1.33 bits per heavy atom. The third-order valence-corrected chi connectivity index (χ3v) is 0.354. The quantitative estimate of drug-likeness (QED) is 0.288. The molecule has 0 amide bonds. The van der Waals surface area contributed by atoms with Crippen LogP contribution in [-0.4, -0.2) is 21.1 Å². The Labute approximate surface area is 72.0 Å². The SMILES string of the molecule is C[NH+](C)C.[CH2-]CCC.[Li+]. The third-order valence-electron chi connectivity index (χ3n) is 0.354. The zero-order chi connectivity index (χ0) is 6.99. The molecule has 52 valence electrons. The van der Waals surface area contributed by atoms with Gasteiger partial charge in [-0.2, -0.15) is 6.42 Å². The van der Waals surface area contributed by atoms with Crippen LogP contribution in [0, 0.1) is 6.92 Å². The summed E-state index contributed by atoms with van der Waals surface area (Å²) in [6, 6.07) is 0. The molecule has 0 aliphatic heterocycles. The first-order valence-corrected chi connectivity index (χ1v) is 3.21. The van der Waals surface area contributed by atoms with Gasteiger partial charge in [-0.3, -0.25) is 0 Å². The van der Waals surface area contributed by atoms with E-state index < -0.39 is 0 Å². The van der Waals surface area contributed by atoms with Crippen LogP contribution in [0.25, 0.3) is 0 Å². The molecule has 0 spiro atoms. The monoisotopic (exact) mass is 124 g/mol. The van der Waals surface area contributed by atoms with Gasteiger partial charge in [0.1, 0.15) is 0 Å². The molecule has 0 saturated carbocycles. The van der Waals surface area contributed by atoms with Crippen LogP contribution in [0.4, 0.5) is 0 Å². The first-order valence-electron chi connectivity index (χ1n) is 3.21. The molecule has 0 unspecified atom stereocenters. The second-order valence-electron chi connectivity index (χ2n) is 2.35. The van der Waals surface area contributed by atoms with Crippen LogP contribution in [0.5, 0.6) is 0 Å². The van der Waals surface area contributed by atoms with Crippen molar-refractivity contribution in [3.05, 3.63) is 6.92 Å². The molecule has 0 atom stereocenters. The maximum atomic E-state index is 3.60. The van der Waals surface area contributed by atoms with Crippen LogP contribution in [-0.2, 0) is 0 Å². The van der Waals surface area contributed by atoms with E-state index in [4.69, 9.17) is 0 Å². The molecule has 0 aliphatic carbocycles. The number of unbranched alkanes of at least 4 members (excludes halogenated alkanes) is 1. The Kier molecular flexibility index (Phi) is 28.6. The Hall–Kier alpha value is 0.557. The zero-order valence-corrected chi connectivity index (χ0v) is 7.62. The van der Waals surface area contributed by atoms with E-state index in [0.717, 1.165) is 6.42 Å². The maximum absolute atomic E-state index is 3.60. The van der Waals surface area contributed by atoms with Gasteiger partial charge in [0.15, 0.2) is 0 Å².